The minimum Gasteiger partial charge on any atom is -0.473 e. The van der Waals surface area contributed by atoms with Crippen molar-refractivity contribution in [3.05, 3.63) is 27.1 Å². The van der Waals surface area contributed by atoms with E-state index < -0.39 is 0 Å². The molecule has 2 aromatic rings. The molecule has 7 heteroatoms. The lowest BCUT2D eigenvalue weighted by atomic mass is 10.4. The molecule has 0 amide bonds. The molecule has 0 bridgehead atoms. The Morgan fingerprint density at radius 2 is 2.26 bits per heavy atom. The van der Waals surface area contributed by atoms with Crippen molar-refractivity contribution < 1.29 is 4.74 Å². The average molecular weight is 343 g/mol. The molecule has 0 spiro atoms. The van der Waals surface area contributed by atoms with Gasteiger partial charge in [0.25, 0.3) is 0 Å². The summed E-state index contributed by atoms with van der Waals surface area (Å²) >= 11 is 5.15. The van der Waals surface area contributed by atoms with E-state index in [1.54, 1.807) is 11.3 Å². The van der Waals surface area contributed by atoms with E-state index in [9.17, 15) is 0 Å². The average Bonchev–Trinajstić information content (AvgIpc) is 2.76. The number of hydrogen-bond acceptors (Lipinski definition) is 6. The predicted molar refractivity (Wildman–Crippen MR) is 81.6 cm³/mol. The summed E-state index contributed by atoms with van der Waals surface area (Å²) in [7, 11) is 0. The molecule has 0 aromatic carbocycles. The molecule has 2 rings (SSSR count). The third kappa shape index (κ3) is 3.57. The molecular formula is C12H15BrN4OS. The smallest absolute Gasteiger partial charge is 0.242 e. The third-order valence-corrected chi connectivity index (χ3v) is 4.23. The summed E-state index contributed by atoms with van der Waals surface area (Å²) in [6, 6.07) is 2.01. The van der Waals surface area contributed by atoms with E-state index in [2.05, 4.69) is 31.2 Å². The zero-order valence-corrected chi connectivity index (χ0v) is 13.1. The van der Waals surface area contributed by atoms with Crippen LogP contribution in [-0.4, -0.2) is 16.1 Å². The number of nitrogen functional groups attached to an aromatic ring is 1. The monoisotopic (exact) mass is 342 g/mol. The number of rotatable bonds is 5. The Balaban J connectivity index is 2.10. The fourth-order valence-corrected chi connectivity index (χ4v) is 2.88. The molecule has 2 heterocycles. The Bertz CT molecular complexity index is 558. The van der Waals surface area contributed by atoms with Crippen LogP contribution in [0.5, 0.6) is 5.88 Å². The Morgan fingerprint density at radius 1 is 1.47 bits per heavy atom. The molecule has 0 fully saturated rings. The van der Waals surface area contributed by atoms with E-state index in [-0.39, 0.29) is 6.10 Å². The van der Waals surface area contributed by atoms with Gasteiger partial charge in [0, 0.05) is 9.35 Å². The number of anilines is 2. The third-order valence-electron chi connectivity index (χ3n) is 2.30. The van der Waals surface area contributed by atoms with Crippen LogP contribution in [0, 0.1) is 0 Å². The molecule has 2 aromatic heterocycles. The minimum absolute atomic E-state index is 0.0245. The molecule has 0 saturated heterocycles. The van der Waals surface area contributed by atoms with Crippen molar-refractivity contribution in [2.45, 2.75) is 26.5 Å². The van der Waals surface area contributed by atoms with Gasteiger partial charge in [-0.2, -0.15) is 4.98 Å². The number of nitrogens with two attached hydrogens (primary N) is 1. The van der Waals surface area contributed by atoms with Crippen molar-refractivity contribution in [3.8, 4) is 5.88 Å². The first kappa shape index (κ1) is 14.1. The number of halogens is 1. The van der Waals surface area contributed by atoms with E-state index in [0.717, 1.165) is 4.47 Å². The van der Waals surface area contributed by atoms with Crippen LogP contribution in [0.15, 0.2) is 22.2 Å². The van der Waals surface area contributed by atoms with Gasteiger partial charge in [0.15, 0.2) is 5.82 Å². The SMILES string of the molecule is CC(C)Oc1ncnc(NCc2sccc2Br)c1N. The summed E-state index contributed by atoms with van der Waals surface area (Å²) in [6.45, 7) is 4.51. The van der Waals surface area contributed by atoms with Crippen molar-refractivity contribution >= 4 is 38.8 Å². The zero-order valence-electron chi connectivity index (χ0n) is 10.7. The van der Waals surface area contributed by atoms with E-state index in [1.165, 1.54) is 11.2 Å². The highest BCUT2D eigenvalue weighted by Gasteiger charge is 2.11. The highest BCUT2D eigenvalue weighted by Crippen LogP contribution is 2.28. The summed E-state index contributed by atoms with van der Waals surface area (Å²) in [5.41, 5.74) is 6.42. The second-order valence-corrected chi connectivity index (χ2v) is 6.01. The summed E-state index contributed by atoms with van der Waals surface area (Å²) in [6.07, 6.45) is 1.47. The standard InChI is InChI=1S/C12H15BrN4OS/c1-7(2)18-12-10(14)11(16-6-17-12)15-5-9-8(13)3-4-19-9/h3-4,6-7H,5,14H2,1-2H3,(H,15,16,17). The number of nitrogens with zero attached hydrogens (tertiary/aromatic N) is 2. The fraction of sp³-hybridized carbons (Fsp3) is 0.333. The maximum absolute atomic E-state index is 5.99. The van der Waals surface area contributed by atoms with Crippen LogP contribution in [0.2, 0.25) is 0 Å². The van der Waals surface area contributed by atoms with Crippen LogP contribution in [-0.2, 0) is 6.54 Å². The molecule has 0 aliphatic rings. The van der Waals surface area contributed by atoms with E-state index in [1.807, 2.05) is 25.3 Å². The molecule has 0 unspecified atom stereocenters. The topological polar surface area (TPSA) is 73.1 Å². The zero-order chi connectivity index (χ0) is 13.8. The first-order chi connectivity index (χ1) is 9.08. The van der Waals surface area contributed by atoms with Gasteiger partial charge in [-0.15, -0.1) is 11.3 Å². The maximum atomic E-state index is 5.99. The van der Waals surface area contributed by atoms with Crippen molar-refractivity contribution in [3.63, 3.8) is 0 Å². The van der Waals surface area contributed by atoms with Crippen molar-refractivity contribution in [2.75, 3.05) is 11.1 Å². The highest BCUT2D eigenvalue weighted by atomic mass is 79.9. The van der Waals surface area contributed by atoms with Crippen molar-refractivity contribution in [1.82, 2.24) is 9.97 Å². The molecule has 0 aliphatic carbocycles. The molecule has 102 valence electrons. The van der Waals surface area contributed by atoms with Crippen molar-refractivity contribution in [2.24, 2.45) is 0 Å². The van der Waals surface area contributed by atoms with Gasteiger partial charge in [0.05, 0.1) is 12.6 Å². The van der Waals surface area contributed by atoms with Gasteiger partial charge in [0.1, 0.15) is 12.0 Å². The number of aromatic nitrogens is 2. The van der Waals surface area contributed by atoms with Gasteiger partial charge in [-0.05, 0) is 41.2 Å². The van der Waals surface area contributed by atoms with Gasteiger partial charge in [-0.25, -0.2) is 4.98 Å². The molecule has 0 aliphatic heterocycles. The molecule has 19 heavy (non-hydrogen) atoms. The number of nitrogens with one attached hydrogen (secondary N) is 1. The van der Waals surface area contributed by atoms with Crippen LogP contribution in [0.25, 0.3) is 0 Å². The van der Waals surface area contributed by atoms with E-state index in [4.69, 9.17) is 10.5 Å². The summed E-state index contributed by atoms with van der Waals surface area (Å²) < 4.78 is 6.60. The van der Waals surface area contributed by atoms with Crippen LogP contribution < -0.4 is 15.8 Å². The quantitative estimate of drug-likeness (QED) is 0.872. The van der Waals surface area contributed by atoms with Crippen LogP contribution in [0.4, 0.5) is 11.5 Å². The number of ether oxygens (including phenoxy) is 1. The van der Waals surface area contributed by atoms with Crippen LogP contribution in [0.3, 0.4) is 0 Å². The number of thiophene rings is 1. The Kier molecular flexibility index (Phi) is 4.60. The summed E-state index contributed by atoms with van der Waals surface area (Å²) in [4.78, 5) is 9.36. The fourth-order valence-electron chi connectivity index (χ4n) is 1.45. The lowest BCUT2D eigenvalue weighted by Gasteiger charge is -2.13. The molecule has 0 saturated carbocycles. The van der Waals surface area contributed by atoms with E-state index in [0.29, 0.717) is 23.9 Å². The second-order valence-electron chi connectivity index (χ2n) is 4.15. The van der Waals surface area contributed by atoms with Gasteiger partial charge >= 0.3 is 0 Å². The molecule has 0 atom stereocenters. The Morgan fingerprint density at radius 3 is 2.89 bits per heavy atom. The summed E-state index contributed by atoms with van der Waals surface area (Å²) in [5, 5.41) is 5.22. The molecule has 3 N–H and O–H groups in total. The minimum atomic E-state index is 0.0245. The first-order valence-corrected chi connectivity index (χ1v) is 7.48. The summed E-state index contributed by atoms with van der Waals surface area (Å²) in [5.74, 6) is 1.00. The van der Waals surface area contributed by atoms with Crippen LogP contribution in [0.1, 0.15) is 18.7 Å². The van der Waals surface area contributed by atoms with Crippen LogP contribution >= 0.6 is 27.3 Å². The lowest BCUT2D eigenvalue weighted by molar-refractivity contribution is 0.234. The second kappa shape index (κ2) is 6.21. The molecule has 5 nitrogen and oxygen atoms in total. The van der Waals surface area contributed by atoms with Crippen molar-refractivity contribution in [1.29, 1.82) is 0 Å². The Hall–Kier alpha value is -1.34. The van der Waals surface area contributed by atoms with E-state index >= 15 is 0 Å². The maximum Gasteiger partial charge on any atom is 0.242 e. The molecular weight excluding hydrogens is 328 g/mol. The van der Waals surface area contributed by atoms with Gasteiger partial charge in [-0.3, -0.25) is 0 Å². The predicted octanol–water partition coefficient (Wildman–Crippen LogP) is 3.28. The normalized spacial score (nSPS) is 10.7. The lowest BCUT2D eigenvalue weighted by Crippen LogP contribution is -2.11. The highest BCUT2D eigenvalue weighted by molar-refractivity contribution is 9.10. The van der Waals surface area contributed by atoms with Gasteiger partial charge in [0.2, 0.25) is 5.88 Å². The first-order valence-electron chi connectivity index (χ1n) is 5.80. The number of hydrogen-bond donors (Lipinski definition) is 2. The Labute approximate surface area is 124 Å². The molecule has 0 radical (unpaired) electrons. The largest absolute Gasteiger partial charge is 0.473 e. The van der Waals surface area contributed by atoms with Gasteiger partial charge < -0.3 is 15.8 Å². The van der Waals surface area contributed by atoms with Gasteiger partial charge in [-0.1, -0.05) is 0 Å².